The molecule has 0 radical (unpaired) electrons. The molecule has 0 aromatic heterocycles. The monoisotopic (exact) mass is 677 g/mol. The summed E-state index contributed by atoms with van der Waals surface area (Å²) >= 11 is 0. The Morgan fingerprint density at radius 2 is 1.34 bits per heavy atom. The summed E-state index contributed by atoms with van der Waals surface area (Å²) in [4.78, 5) is 65.5. The van der Waals surface area contributed by atoms with E-state index in [4.69, 9.17) is 19.6 Å². The van der Waals surface area contributed by atoms with Crippen LogP contribution in [0.3, 0.4) is 0 Å². The van der Waals surface area contributed by atoms with Gasteiger partial charge in [-0.3, -0.25) is 13.9 Å². The second-order valence-corrected chi connectivity index (χ2v) is 10.9. The zero-order valence-electron chi connectivity index (χ0n) is 20.2. The maximum absolute atomic E-state index is 10.4. The molecule has 0 aliphatic carbocycles. The van der Waals surface area contributed by atoms with E-state index in [1.807, 2.05) is 6.92 Å². The average Bonchev–Trinajstić information content (AvgIpc) is 2.54. The molecule has 1 unspecified atom stereocenters. The van der Waals surface area contributed by atoms with Gasteiger partial charge in [0.2, 0.25) is 5.91 Å². The van der Waals surface area contributed by atoms with Crippen LogP contribution < -0.4 is 0 Å². The summed E-state index contributed by atoms with van der Waals surface area (Å²) in [6.45, 7) is 11.4. The molecule has 12 nitrogen and oxygen atoms in total. The number of carbonyl (C=O) groups excluding carboxylic acids is 3. The molecule has 0 aromatic carbocycles. The zero-order chi connectivity index (χ0) is 26.0. The molecular formula is C17H39N2O10P2W-. The summed E-state index contributed by atoms with van der Waals surface area (Å²) in [5, 5.41) is 3.49. The molecule has 0 saturated carbocycles. The van der Waals surface area contributed by atoms with Gasteiger partial charge in [0.1, 0.15) is 12.5 Å². The minimum Gasteiger partial charge on any atom is -0.654 e. The first kappa shape index (κ1) is 41.8. The van der Waals surface area contributed by atoms with Crippen LogP contribution in [0.1, 0.15) is 54.9 Å². The minimum absolute atomic E-state index is 0. The maximum atomic E-state index is 10.4. The summed E-state index contributed by atoms with van der Waals surface area (Å²) in [6, 6.07) is 0. The van der Waals surface area contributed by atoms with Crippen LogP contribution in [0.4, 0.5) is 0 Å². The van der Waals surface area contributed by atoms with Crippen molar-refractivity contribution in [2.45, 2.75) is 66.2 Å². The van der Waals surface area contributed by atoms with Crippen LogP contribution in [0, 0.1) is 0 Å². The van der Waals surface area contributed by atoms with Crippen LogP contribution in [0.5, 0.6) is 0 Å². The van der Waals surface area contributed by atoms with Gasteiger partial charge in [-0.2, -0.15) is 0 Å². The van der Waals surface area contributed by atoms with Gasteiger partial charge in [-0.25, -0.2) is 0 Å². The van der Waals surface area contributed by atoms with Crippen LogP contribution in [0.25, 0.3) is 5.32 Å². The molecule has 1 atom stereocenters. The smallest absolute Gasteiger partial charge is 0.328 e. The van der Waals surface area contributed by atoms with Gasteiger partial charge in [0.05, 0.1) is 11.3 Å². The van der Waals surface area contributed by atoms with E-state index in [1.165, 1.54) is 46.4 Å². The van der Waals surface area contributed by atoms with E-state index in [-0.39, 0.29) is 45.1 Å². The Morgan fingerprint density at radius 1 is 0.969 bits per heavy atom. The van der Waals surface area contributed by atoms with Gasteiger partial charge in [-0.05, 0) is 13.8 Å². The second-order valence-electron chi connectivity index (χ2n) is 6.66. The van der Waals surface area contributed by atoms with Crippen molar-refractivity contribution >= 4 is 32.8 Å². The predicted octanol–water partition coefficient (Wildman–Crippen LogP) is 2.10. The molecule has 4 N–H and O–H groups in total. The molecule has 0 spiro atoms. The van der Waals surface area contributed by atoms with Crippen LogP contribution in [-0.2, 0) is 49.3 Å². The van der Waals surface area contributed by atoms with Crippen LogP contribution >= 0.6 is 15.2 Å². The standard InChI is InChI=1S/C5H11NO2.C5H11O4P.C4H9NO.C3H9O3P.W/c1-5(7)6(2)4-8-3;1-4(6)3-5(2)10(7,8)9;1-3-5-4(2)6;1-3(2)7(4,5)6;/h4H2,1-3H3;5H,3H2,1-2H3,(H2,7,8,9);3H2,1-2H3,(H,5,6);3H,1-2H3,(H2,4,5,6);/p-1. The molecule has 0 aromatic rings. The number of ether oxygens (including phenoxy) is 1. The Morgan fingerprint density at radius 3 is 1.41 bits per heavy atom. The third kappa shape index (κ3) is 36.9. The van der Waals surface area contributed by atoms with E-state index in [2.05, 4.69) is 10.1 Å². The second kappa shape index (κ2) is 22.4. The Labute approximate surface area is 205 Å². The third-order valence-corrected chi connectivity index (χ3v) is 5.75. The van der Waals surface area contributed by atoms with Gasteiger partial charge in [0, 0.05) is 54.5 Å². The number of carbonyl (C=O) groups is 3. The quantitative estimate of drug-likeness (QED) is 0.229. The molecule has 15 heteroatoms. The number of methoxy groups -OCH3 is 1. The number of Topliss-reactive ketones (excluding diaryl/α,β-unsaturated/α-hetero) is 1. The molecular weight excluding hydrogens is 638 g/mol. The fraction of sp³-hybridized carbons (Fsp3) is 0.824. The SMILES string of the molecule is CC(=O)CC(C)P(=O)(O)O.CC(C)P(=O)(O)O.CC[N-]C(C)=O.COCN(C)C(C)=O.[W]. The topological polar surface area (TPSA) is 193 Å². The maximum Gasteiger partial charge on any atom is 0.328 e. The van der Waals surface area contributed by atoms with Gasteiger partial charge >= 0.3 is 15.2 Å². The van der Waals surface area contributed by atoms with E-state index < -0.39 is 26.5 Å². The summed E-state index contributed by atoms with van der Waals surface area (Å²) < 4.78 is 25.1. The predicted molar refractivity (Wildman–Crippen MR) is 119 cm³/mol. The van der Waals surface area contributed by atoms with Crippen molar-refractivity contribution in [3.05, 3.63) is 5.32 Å². The van der Waals surface area contributed by atoms with Gasteiger partial charge in [-0.1, -0.05) is 27.7 Å². The summed E-state index contributed by atoms with van der Waals surface area (Å²) in [5.74, 6) is -0.264. The first-order valence-electron chi connectivity index (χ1n) is 9.22. The van der Waals surface area contributed by atoms with Crippen molar-refractivity contribution in [2.24, 2.45) is 0 Å². The molecule has 32 heavy (non-hydrogen) atoms. The number of rotatable bonds is 7. The Balaban J connectivity index is -0.000000102. The molecule has 0 aliphatic rings. The third-order valence-electron chi connectivity index (χ3n) is 3.07. The van der Waals surface area contributed by atoms with Gasteiger partial charge in [0.25, 0.3) is 0 Å². The van der Waals surface area contributed by atoms with Crippen molar-refractivity contribution < 1.29 is 68.9 Å². The molecule has 0 rings (SSSR count). The van der Waals surface area contributed by atoms with Gasteiger partial charge in [0.15, 0.2) is 0 Å². The molecule has 194 valence electrons. The van der Waals surface area contributed by atoms with Crippen molar-refractivity contribution in [3.63, 3.8) is 0 Å². The van der Waals surface area contributed by atoms with E-state index in [0.717, 1.165) is 0 Å². The molecule has 0 aliphatic heterocycles. The number of hydrogen-bond donors (Lipinski definition) is 4. The minimum atomic E-state index is -4.03. The number of amides is 2. The molecule has 0 bridgehead atoms. The molecule has 0 heterocycles. The van der Waals surface area contributed by atoms with E-state index in [1.54, 1.807) is 14.2 Å². The van der Waals surface area contributed by atoms with Crippen LogP contribution in [-0.4, -0.2) is 80.8 Å². The van der Waals surface area contributed by atoms with E-state index in [9.17, 15) is 23.5 Å². The van der Waals surface area contributed by atoms with E-state index >= 15 is 0 Å². The van der Waals surface area contributed by atoms with Crippen molar-refractivity contribution in [2.75, 3.05) is 27.4 Å². The Hall–Kier alpha value is -0.442. The first-order chi connectivity index (χ1) is 13.7. The Kier molecular flexibility index (Phi) is 29.2. The molecule has 2 amide bonds. The zero-order valence-corrected chi connectivity index (χ0v) is 24.9. The van der Waals surface area contributed by atoms with Crippen molar-refractivity contribution in [3.8, 4) is 0 Å². The number of nitrogens with zero attached hydrogens (tertiary/aromatic N) is 2. The summed E-state index contributed by atoms with van der Waals surface area (Å²) in [7, 11) is -4.53. The first-order valence-corrected chi connectivity index (χ1v) is 12.6. The van der Waals surface area contributed by atoms with Crippen molar-refractivity contribution in [1.82, 2.24) is 4.90 Å². The average molecular weight is 677 g/mol. The number of ketones is 1. The normalized spacial score (nSPS) is 11.1. The largest absolute Gasteiger partial charge is 0.654 e. The van der Waals surface area contributed by atoms with E-state index in [0.29, 0.717) is 13.3 Å². The van der Waals surface area contributed by atoms with Crippen molar-refractivity contribution in [1.29, 1.82) is 0 Å². The van der Waals surface area contributed by atoms with Crippen LogP contribution in [0.15, 0.2) is 0 Å². The summed E-state index contributed by atoms with van der Waals surface area (Å²) in [6.07, 6.45) is -0.0513. The fourth-order valence-electron chi connectivity index (χ4n) is 1.04. The fourth-order valence-corrected chi connectivity index (χ4v) is 1.54. The van der Waals surface area contributed by atoms with Crippen LogP contribution in [0.2, 0.25) is 0 Å². The molecule has 0 saturated heterocycles. The Bertz CT molecular complexity index is 608. The molecule has 0 fully saturated rings. The number of hydrogen-bond acceptors (Lipinski definition) is 6. The summed E-state index contributed by atoms with van der Waals surface area (Å²) in [5.41, 5.74) is -1.38. The van der Waals surface area contributed by atoms with Gasteiger partial charge in [-0.15, -0.1) is 6.54 Å². The van der Waals surface area contributed by atoms with Gasteiger partial charge < -0.3 is 44.1 Å².